The van der Waals surface area contributed by atoms with Gasteiger partial charge in [-0.25, -0.2) is 4.39 Å². The molecule has 4 atom stereocenters. The number of hydrogen-bond acceptors (Lipinski definition) is 7. The Labute approximate surface area is 231 Å². The van der Waals surface area contributed by atoms with Crippen LogP contribution in [-0.2, 0) is 16.0 Å². The summed E-state index contributed by atoms with van der Waals surface area (Å²) in [5.74, 6) is -1.49. The van der Waals surface area contributed by atoms with Crippen molar-refractivity contribution in [2.24, 2.45) is 0 Å². The number of hydrogen-bond donors (Lipinski definition) is 3. The maximum Gasteiger partial charge on any atom is 0.247 e. The number of aliphatic hydroxyl groups is 2. The predicted octanol–water partition coefficient (Wildman–Crippen LogP) is 2.31. The number of carbonyl (C=O) groups is 3. The number of amides is 2. The van der Waals surface area contributed by atoms with E-state index in [1.807, 2.05) is 0 Å². The summed E-state index contributed by atoms with van der Waals surface area (Å²) in [6.45, 7) is 3.37. The molecule has 0 fully saturated rings. The van der Waals surface area contributed by atoms with E-state index < -0.39 is 35.9 Å². The second-order valence-corrected chi connectivity index (χ2v) is 10.0. The summed E-state index contributed by atoms with van der Waals surface area (Å²) in [7, 11) is 1.42. The molecule has 2 aliphatic rings. The molecule has 4 rings (SSSR count). The van der Waals surface area contributed by atoms with Crippen molar-refractivity contribution < 1.29 is 38.5 Å². The number of fused-ring (bicyclic) bond motifs is 3. The minimum Gasteiger partial charge on any atom is -0.493 e. The van der Waals surface area contributed by atoms with Crippen LogP contribution in [0.1, 0.15) is 41.3 Å². The van der Waals surface area contributed by atoms with Gasteiger partial charge in [-0.3, -0.25) is 14.4 Å². The van der Waals surface area contributed by atoms with Crippen molar-refractivity contribution in [3.63, 3.8) is 0 Å². The van der Waals surface area contributed by atoms with Crippen molar-refractivity contribution in [3.05, 3.63) is 82.2 Å². The number of nitrogens with one attached hydrogen (secondary N) is 1. The zero-order chi connectivity index (χ0) is 29.0. The van der Waals surface area contributed by atoms with Gasteiger partial charge >= 0.3 is 0 Å². The Kier molecular flexibility index (Phi) is 9.01. The average molecular weight is 553 g/mol. The Bertz CT molecular complexity index is 1350. The molecule has 212 valence electrons. The Hall–Kier alpha value is -4.02. The van der Waals surface area contributed by atoms with E-state index in [9.17, 15) is 29.0 Å². The average Bonchev–Trinajstić information content (AvgIpc) is 3.32. The smallest absolute Gasteiger partial charge is 0.247 e. The number of halogens is 1. The highest BCUT2D eigenvalue weighted by Gasteiger charge is 2.51. The number of benzene rings is 2. The SMILES string of the molecule is COc1cc(C=O)cc2c1O[C@@H]1[C@@H](O)[C@H](N(CCc3cccc(F)c3)C(=O)C=C(C)C)C=C(C(=O)NCCO)[C@H]21. The van der Waals surface area contributed by atoms with Gasteiger partial charge in [0.25, 0.3) is 0 Å². The Morgan fingerprint density at radius 3 is 2.65 bits per heavy atom. The molecular weight excluding hydrogens is 519 g/mol. The minimum atomic E-state index is -1.27. The Balaban J connectivity index is 1.79. The summed E-state index contributed by atoms with van der Waals surface area (Å²) in [5, 5.41) is 23.6. The Morgan fingerprint density at radius 2 is 2.00 bits per heavy atom. The van der Waals surface area contributed by atoms with Crippen LogP contribution in [0.15, 0.2) is 59.7 Å². The van der Waals surface area contributed by atoms with Crippen molar-refractivity contribution in [1.82, 2.24) is 10.2 Å². The standard InChI is InChI=1S/C30H33FN2O7/c1-17(2)11-25(36)33(9-7-18-5-4-6-20(31)12-18)23-15-22(30(38)32-8-10-34)26-21-13-19(16-35)14-24(39-3)28(21)40-29(26)27(23)37/h4-6,11-16,23,26-27,29,34,37H,7-10H2,1-3H3,(H,32,38)/t23-,26+,27+,29+/m1/s1. The summed E-state index contributed by atoms with van der Waals surface area (Å²) in [6.07, 6.45) is 1.69. The van der Waals surface area contributed by atoms with Crippen LogP contribution in [0, 0.1) is 5.82 Å². The topological polar surface area (TPSA) is 125 Å². The lowest BCUT2D eigenvalue weighted by atomic mass is 9.77. The quantitative estimate of drug-likeness (QED) is 0.305. The number of aliphatic hydroxyl groups excluding tert-OH is 2. The lowest BCUT2D eigenvalue weighted by molar-refractivity contribution is -0.132. The third kappa shape index (κ3) is 5.93. The van der Waals surface area contributed by atoms with E-state index in [4.69, 9.17) is 9.47 Å². The number of ether oxygens (including phenoxy) is 2. The number of methoxy groups -OCH3 is 1. The van der Waals surface area contributed by atoms with Crippen LogP contribution in [0.4, 0.5) is 4.39 Å². The number of nitrogens with zero attached hydrogens (tertiary/aromatic N) is 1. The maximum atomic E-state index is 13.8. The third-order valence-electron chi connectivity index (χ3n) is 7.00. The van der Waals surface area contributed by atoms with Gasteiger partial charge < -0.3 is 29.9 Å². The molecule has 0 bridgehead atoms. The van der Waals surface area contributed by atoms with Crippen molar-refractivity contribution in [2.75, 3.05) is 26.8 Å². The molecular formula is C30H33FN2O7. The fraction of sp³-hybridized carbons (Fsp3) is 0.367. The molecule has 0 unspecified atom stereocenters. The maximum absolute atomic E-state index is 13.8. The lowest BCUT2D eigenvalue weighted by Gasteiger charge is -2.40. The molecule has 1 aliphatic carbocycles. The van der Waals surface area contributed by atoms with E-state index in [0.29, 0.717) is 35.1 Å². The van der Waals surface area contributed by atoms with E-state index in [2.05, 4.69) is 5.32 Å². The normalized spacial score (nSPS) is 20.8. The zero-order valence-corrected chi connectivity index (χ0v) is 22.6. The second kappa shape index (κ2) is 12.4. The molecule has 0 radical (unpaired) electrons. The fourth-order valence-corrected chi connectivity index (χ4v) is 5.24. The molecule has 9 nitrogen and oxygen atoms in total. The highest BCUT2D eigenvalue weighted by molar-refractivity contribution is 5.97. The van der Waals surface area contributed by atoms with Crippen LogP contribution in [-0.4, -0.2) is 78.3 Å². The first kappa shape index (κ1) is 29.0. The Morgan fingerprint density at radius 1 is 1.23 bits per heavy atom. The molecule has 2 aromatic carbocycles. The molecule has 0 saturated carbocycles. The van der Waals surface area contributed by atoms with E-state index in [1.54, 1.807) is 38.1 Å². The molecule has 2 aromatic rings. The summed E-state index contributed by atoms with van der Waals surface area (Å²) in [4.78, 5) is 39.9. The van der Waals surface area contributed by atoms with Crippen LogP contribution in [0.2, 0.25) is 0 Å². The van der Waals surface area contributed by atoms with Crippen LogP contribution in [0.3, 0.4) is 0 Å². The van der Waals surface area contributed by atoms with E-state index in [0.717, 1.165) is 5.57 Å². The predicted molar refractivity (Wildman–Crippen MR) is 145 cm³/mol. The highest BCUT2D eigenvalue weighted by atomic mass is 19.1. The van der Waals surface area contributed by atoms with Gasteiger partial charge in [-0.2, -0.15) is 0 Å². The van der Waals surface area contributed by atoms with Crippen molar-refractivity contribution in [1.29, 1.82) is 0 Å². The molecule has 3 N–H and O–H groups in total. The summed E-state index contributed by atoms with van der Waals surface area (Å²) in [6, 6.07) is 8.17. The van der Waals surface area contributed by atoms with Gasteiger partial charge in [0.2, 0.25) is 11.8 Å². The van der Waals surface area contributed by atoms with Gasteiger partial charge in [0.05, 0.1) is 25.7 Å². The van der Waals surface area contributed by atoms with Crippen LogP contribution >= 0.6 is 0 Å². The van der Waals surface area contributed by atoms with Crippen molar-refractivity contribution in [3.8, 4) is 11.5 Å². The molecule has 1 aliphatic heterocycles. The molecule has 10 heteroatoms. The van der Waals surface area contributed by atoms with E-state index in [1.165, 1.54) is 36.3 Å². The summed E-state index contributed by atoms with van der Waals surface area (Å²) in [5.41, 5.74) is 2.43. The fourth-order valence-electron chi connectivity index (χ4n) is 5.24. The number of rotatable bonds is 10. The number of carbonyl (C=O) groups excluding carboxylic acids is 3. The molecule has 2 amide bonds. The van der Waals surface area contributed by atoms with Gasteiger partial charge in [-0.1, -0.05) is 17.7 Å². The largest absolute Gasteiger partial charge is 0.493 e. The first-order valence-electron chi connectivity index (χ1n) is 13.0. The highest BCUT2D eigenvalue weighted by Crippen LogP contribution is 2.51. The molecule has 0 spiro atoms. The van der Waals surface area contributed by atoms with Gasteiger partial charge in [0.1, 0.15) is 24.3 Å². The monoisotopic (exact) mass is 552 g/mol. The third-order valence-corrected chi connectivity index (χ3v) is 7.00. The first-order valence-corrected chi connectivity index (χ1v) is 13.0. The van der Waals surface area contributed by atoms with Gasteiger partial charge in [0, 0.05) is 35.9 Å². The number of aldehydes is 1. The zero-order valence-electron chi connectivity index (χ0n) is 22.6. The van der Waals surface area contributed by atoms with E-state index >= 15 is 0 Å². The first-order chi connectivity index (χ1) is 19.2. The number of allylic oxidation sites excluding steroid dienone is 1. The van der Waals surface area contributed by atoms with Gasteiger partial charge in [-0.05, 0) is 56.2 Å². The second-order valence-electron chi connectivity index (χ2n) is 10.0. The van der Waals surface area contributed by atoms with Crippen molar-refractivity contribution in [2.45, 2.75) is 44.4 Å². The van der Waals surface area contributed by atoms with Gasteiger partial charge in [-0.15, -0.1) is 0 Å². The summed E-state index contributed by atoms with van der Waals surface area (Å²) >= 11 is 0. The molecule has 40 heavy (non-hydrogen) atoms. The molecule has 0 aromatic heterocycles. The molecule has 0 saturated heterocycles. The molecule has 1 heterocycles. The summed E-state index contributed by atoms with van der Waals surface area (Å²) < 4.78 is 25.4. The van der Waals surface area contributed by atoms with Crippen LogP contribution < -0.4 is 14.8 Å². The van der Waals surface area contributed by atoms with Crippen LogP contribution in [0.5, 0.6) is 11.5 Å². The van der Waals surface area contributed by atoms with Gasteiger partial charge in [0.15, 0.2) is 11.5 Å². The van der Waals surface area contributed by atoms with Crippen molar-refractivity contribution >= 4 is 18.1 Å². The lowest BCUT2D eigenvalue weighted by Crippen LogP contribution is -2.56. The minimum absolute atomic E-state index is 0.00776. The van der Waals surface area contributed by atoms with E-state index in [-0.39, 0.29) is 36.9 Å². The van der Waals surface area contributed by atoms with Crippen LogP contribution in [0.25, 0.3) is 0 Å².